The fourth-order valence-corrected chi connectivity index (χ4v) is 7.57. The summed E-state index contributed by atoms with van der Waals surface area (Å²) in [5, 5.41) is 0.521. The van der Waals surface area contributed by atoms with E-state index in [2.05, 4.69) is 4.99 Å². The van der Waals surface area contributed by atoms with Crippen molar-refractivity contribution in [3.63, 3.8) is 0 Å². The lowest BCUT2D eigenvalue weighted by Gasteiger charge is -2.24. The largest absolute Gasteiger partial charge is 0.313 e. The van der Waals surface area contributed by atoms with Crippen molar-refractivity contribution < 1.29 is 17.6 Å². The van der Waals surface area contributed by atoms with Crippen LogP contribution < -0.4 is 4.90 Å². The van der Waals surface area contributed by atoms with Gasteiger partial charge in [-0.1, -0.05) is 53.7 Å². The molecule has 2 heterocycles. The molecular formula is C19H16ClFN2O3S2. The van der Waals surface area contributed by atoms with E-state index in [1.54, 1.807) is 47.4 Å². The topological polar surface area (TPSA) is 66.8 Å². The van der Waals surface area contributed by atoms with Crippen LogP contribution in [-0.4, -0.2) is 42.3 Å². The van der Waals surface area contributed by atoms with Gasteiger partial charge >= 0.3 is 0 Å². The number of benzene rings is 2. The molecule has 0 N–H and O–H groups in total. The molecule has 0 spiro atoms. The molecule has 28 heavy (non-hydrogen) atoms. The lowest BCUT2D eigenvalue weighted by Crippen LogP contribution is -2.38. The maximum absolute atomic E-state index is 14.4. The number of halogens is 2. The summed E-state index contributed by atoms with van der Waals surface area (Å²) < 4.78 is 38.6. The Balaban J connectivity index is 1.67. The first kappa shape index (κ1) is 19.4. The highest BCUT2D eigenvalue weighted by Crippen LogP contribution is 2.41. The maximum atomic E-state index is 14.4. The van der Waals surface area contributed by atoms with Crippen LogP contribution in [-0.2, 0) is 21.1 Å². The first-order valence-corrected chi connectivity index (χ1v) is 11.7. The van der Waals surface area contributed by atoms with E-state index in [1.807, 2.05) is 0 Å². The van der Waals surface area contributed by atoms with E-state index < -0.39 is 27.6 Å². The SMILES string of the molecule is O=C(Cc1ccccc1Cl)N=C1S[C@@H]2CS(=O)(=O)C[C@@H]2N1c1ccccc1F. The molecule has 0 aromatic heterocycles. The first-order valence-electron chi connectivity index (χ1n) is 8.60. The van der Waals surface area contributed by atoms with Crippen LogP contribution in [0.4, 0.5) is 10.1 Å². The second-order valence-electron chi connectivity index (χ2n) is 6.68. The Morgan fingerprint density at radius 3 is 2.64 bits per heavy atom. The third kappa shape index (κ3) is 3.81. The summed E-state index contributed by atoms with van der Waals surface area (Å²) in [5.74, 6) is -0.999. The van der Waals surface area contributed by atoms with Crippen LogP contribution in [0.2, 0.25) is 5.02 Å². The Morgan fingerprint density at radius 2 is 1.89 bits per heavy atom. The number of thioether (sulfide) groups is 1. The molecule has 0 bridgehead atoms. The average molecular weight is 439 g/mol. The normalized spacial score (nSPS) is 24.5. The number of sulfone groups is 1. The van der Waals surface area contributed by atoms with Crippen molar-refractivity contribution in [2.75, 3.05) is 16.4 Å². The second kappa shape index (κ2) is 7.50. The number of nitrogens with zero attached hydrogens (tertiary/aromatic N) is 2. The zero-order valence-electron chi connectivity index (χ0n) is 14.6. The van der Waals surface area contributed by atoms with Crippen LogP contribution in [0.15, 0.2) is 53.5 Å². The van der Waals surface area contributed by atoms with E-state index in [0.717, 1.165) is 0 Å². The molecule has 2 atom stereocenters. The number of anilines is 1. The van der Waals surface area contributed by atoms with Crippen molar-refractivity contribution in [1.29, 1.82) is 0 Å². The minimum absolute atomic E-state index is 0.00892. The highest BCUT2D eigenvalue weighted by molar-refractivity contribution is 8.16. The molecule has 0 aliphatic carbocycles. The van der Waals surface area contributed by atoms with Crippen LogP contribution in [0.1, 0.15) is 5.56 Å². The molecule has 0 saturated carbocycles. The van der Waals surface area contributed by atoms with Crippen molar-refractivity contribution >= 4 is 50.0 Å². The summed E-state index contributed by atoms with van der Waals surface area (Å²) in [5.41, 5.74) is 0.880. The van der Waals surface area contributed by atoms with Gasteiger partial charge in [0.15, 0.2) is 15.0 Å². The Morgan fingerprint density at radius 1 is 1.18 bits per heavy atom. The lowest BCUT2D eigenvalue weighted by molar-refractivity contribution is -0.117. The molecule has 2 aromatic rings. The number of amidine groups is 1. The van der Waals surface area contributed by atoms with E-state index in [-0.39, 0.29) is 28.9 Å². The van der Waals surface area contributed by atoms with Crippen molar-refractivity contribution in [3.05, 3.63) is 64.9 Å². The zero-order chi connectivity index (χ0) is 19.9. The molecule has 2 aliphatic heterocycles. The van der Waals surface area contributed by atoms with E-state index in [0.29, 0.717) is 15.8 Å². The van der Waals surface area contributed by atoms with Crippen molar-refractivity contribution in [3.8, 4) is 0 Å². The molecular weight excluding hydrogens is 423 g/mol. The Hall–Kier alpha value is -1.90. The molecule has 1 amide bonds. The zero-order valence-corrected chi connectivity index (χ0v) is 17.0. The van der Waals surface area contributed by atoms with Crippen LogP contribution in [0.5, 0.6) is 0 Å². The summed E-state index contributed by atoms with van der Waals surface area (Å²) >= 11 is 7.32. The van der Waals surface area contributed by atoms with Gasteiger partial charge in [-0.05, 0) is 23.8 Å². The maximum Gasteiger partial charge on any atom is 0.252 e. The number of aliphatic imine (C=N–C) groups is 1. The fourth-order valence-electron chi connectivity index (χ4n) is 3.44. The van der Waals surface area contributed by atoms with Crippen molar-refractivity contribution in [2.45, 2.75) is 17.7 Å². The quantitative estimate of drug-likeness (QED) is 0.735. The number of para-hydroxylation sites is 1. The van der Waals surface area contributed by atoms with E-state index in [1.165, 1.54) is 17.8 Å². The van der Waals surface area contributed by atoms with Crippen LogP contribution in [0.25, 0.3) is 0 Å². The lowest BCUT2D eigenvalue weighted by atomic mass is 10.1. The van der Waals surface area contributed by atoms with Crippen LogP contribution in [0.3, 0.4) is 0 Å². The number of fused-ring (bicyclic) bond motifs is 1. The second-order valence-corrected chi connectivity index (χ2v) is 10.4. The van der Waals surface area contributed by atoms with Crippen LogP contribution >= 0.6 is 23.4 Å². The highest BCUT2D eigenvalue weighted by atomic mass is 35.5. The summed E-state index contributed by atoms with van der Waals surface area (Å²) in [7, 11) is -3.21. The number of carbonyl (C=O) groups excluding carboxylic acids is 1. The molecule has 9 heteroatoms. The Bertz CT molecular complexity index is 1070. The van der Waals surface area contributed by atoms with Gasteiger partial charge in [-0.2, -0.15) is 4.99 Å². The van der Waals surface area contributed by atoms with E-state index >= 15 is 0 Å². The predicted octanol–water partition coefficient (Wildman–Crippen LogP) is 3.32. The number of amides is 1. The van der Waals surface area contributed by atoms with Gasteiger partial charge in [0.2, 0.25) is 0 Å². The third-order valence-electron chi connectivity index (χ3n) is 4.70. The van der Waals surface area contributed by atoms with Gasteiger partial charge in [0.25, 0.3) is 5.91 Å². The molecule has 0 unspecified atom stereocenters. The summed E-state index contributed by atoms with van der Waals surface area (Å²) in [6.45, 7) is 0. The molecule has 5 nitrogen and oxygen atoms in total. The number of rotatable bonds is 3. The minimum atomic E-state index is -3.21. The van der Waals surface area contributed by atoms with Gasteiger partial charge in [0.05, 0.1) is 29.7 Å². The summed E-state index contributed by atoms with van der Waals surface area (Å²) in [6, 6.07) is 12.7. The van der Waals surface area contributed by atoms with Gasteiger partial charge in [-0.3, -0.25) is 4.79 Å². The van der Waals surface area contributed by atoms with Crippen LogP contribution in [0, 0.1) is 5.82 Å². The monoisotopic (exact) mass is 438 g/mol. The Labute approximate surface area is 171 Å². The molecule has 146 valence electrons. The summed E-state index contributed by atoms with van der Waals surface area (Å²) in [4.78, 5) is 18.3. The number of hydrogen-bond donors (Lipinski definition) is 0. The molecule has 2 fully saturated rings. The predicted molar refractivity (Wildman–Crippen MR) is 110 cm³/mol. The first-order chi connectivity index (χ1) is 13.3. The van der Waals surface area contributed by atoms with E-state index in [9.17, 15) is 17.6 Å². The molecule has 2 saturated heterocycles. The van der Waals surface area contributed by atoms with Gasteiger partial charge in [-0.15, -0.1) is 0 Å². The molecule has 0 radical (unpaired) electrons. The molecule has 2 aliphatic rings. The van der Waals surface area contributed by atoms with Crippen molar-refractivity contribution in [1.82, 2.24) is 0 Å². The third-order valence-corrected chi connectivity index (χ3v) is 8.28. The summed E-state index contributed by atoms with van der Waals surface area (Å²) in [6.07, 6.45) is 0.0163. The molecule has 2 aromatic carbocycles. The van der Waals surface area contributed by atoms with Gasteiger partial charge in [-0.25, -0.2) is 12.8 Å². The highest BCUT2D eigenvalue weighted by Gasteiger charge is 2.49. The van der Waals surface area contributed by atoms with Gasteiger partial charge < -0.3 is 4.90 Å². The minimum Gasteiger partial charge on any atom is -0.313 e. The van der Waals surface area contributed by atoms with E-state index in [4.69, 9.17) is 11.6 Å². The standard InChI is InChI=1S/C19H16ClFN2O3S2/c20-13-6-2-1-5-12(13)9-18(24)22-19-23(15-8-4-3-7-14(15)21)16-10-28(25,26)11-17(16)27-19/h1-8,16-17H,9-11H2/t16-,17+/m0/s1. The van der Waals surface area contributed by atoms with Gasteiger partial charge in [0.1, 0.15) is 5.82 Å². The number of carbonyl (C=O) groups is 1. The van der Waals surface area contributed by atoms with Crippen molar-refractivity contribution in [2.24, 2.45) is 4.99 Å². The number of hydrogen-bond acceptors (Lipinski definition) is 4. The fraction of sp³-hybridized carbons (Fsp3) is 0.263. The Kier molecular flexibility index (Phi) is 5.20. The smallest absolute Gasteiger partial charge is 0.252 e. The van der Waals surface area contributed by atoms with Gasteiger partial charge in [0, 0.05) is 10.3 Å². The molecule has 4 rings (SSSR count). The average Bonchev–Trinajstić information content (AvgIpc) is 3.08.